The number of sulfonamides is 1. The van der Waals surface area contributed by atoms with Gasteiger partial charge in [-0.1, -0.05) is 48.0 Å². The molecule has 1 N–H and O–H groups in total. The van der Waals surface area contributed by atoms with E-state index in [1.165, 1.54) is 12.1 Å². The highest BCUT2D eigenvalue weighted by molar-refractivity contribution is 7.90. The van der Waals surface area contributed by atoms with E-state index in [1.807, 2.05) is 42.0 Å². The minimum absolute atomic E-state index is 0.0390. The van der Waals surface area contributed by atoms with Gasteiger partial charge in [0, 0.05) is 0 Å². The van der Waals surface area contributed by atoms with Crippen LogP contribution in [0.5, 0.6) is 5.75 Å². The first-order valence-electron chi connectivity index (χ1n) is 7.68. The summed E-state index contributed by atoms with van der Waals surface area (Å²) < 4.78 is 31.7. The molecule has 1 amide bonds. The maximum atomic E-state index is 12.2. The van der Waals surface area contributed by atoms with E-state index in [4.69, 9.17) is 4.74 Å². The predicted molar refractivity (Wildman–Crippen MR) is 96.0 cm³/mol. The summed E-state index contributed by atoms with van der Waals surface area (Å²) in [5.74, 6) is -0.227. The molecular weight excluding hydrogens is 338 g/mol. The van der Waals surface area contributed by atoms with Crippen LogP contribution in [0.1, 0.15) is 5.56 Å². The second-order valence-corrected chi connectivity index (χ2v) is 7.32. The van der Waals surface area contributed by atoms with E-state index in [9.17, 15) is 13.2 Å². The summed E-state index contributed by atoms with van der Waals surface area (Å²) in [5.41, 5.74) is 0.935. The van der Waals surface area contributed by atoms with Gasteiger partial charge in [-0.3, -0.25) is 4.79 Å². The molecule has 0 spiro atoms. The molecule has 0 saturated heterocycles. The van der Waals surface area contributed by atoms with E-state index in [0.29, 0.717) is 5.75 Å². The Bertz CT molecular complexity index is 1010. The molecule has 6 heteroatoms. The van der Waals surface area contributed by atoms with Gasteiger partial charge in [-0.25, -0.2) is 13.1 Å². The number of rotatable bonds is 5. The van der Waals surface area contributed by atoms with Crippen LogP contribution in [-0.4, -0.2) is 20.9 Å². The fourth-order valence-electron chi connectivity index (χ4n) is 2.36. The minimum Gasteiger partial charge on any atom is -0.484 e. The topological polar surface area (TPSA) is 72.5 Å². The van der Waals surface area contributed by atoms with E-state index in [2.05, 4.69) is 0 Å². The van der Waals surface area contributed by atoms with Gasteiger partial charge < -0.3 is 4.74 Å². The molecule has 3 aromatic rings. The van der Waals surface area contributed by atoms with Gasteiger partial charge in [-0.15, -0.1) is 0 Å². The van der Waals surface area contributed by atoms with Crippen LogP contribution in [0.3, 0.4) is 0 Å². The first-order valence-corrected chi connectivity index (χ1v) is 9.16. The number of carbonyl (C=O) groups is 1. The first kappa shape index (κ1) is 17.0. The molecule has 0 bridgehead atoms. The van der Waals surface area contributed by atoms with E-state index in [0.717, 1.165) is 16.3 Å². The highest BCUT2D eigenvalue weighted by Gasteiger charge is 2.17. The fraction of sp³-hybridized carbons (Fsp3) is 0.105. The van der Waals surface area contributed by atoms with E-state index in [1.54, 1.807) is 24.3 Å². The average molecular weight is 355 g/mol. The zero-order valence-corrected chi connectivity index (χ0v) is 14.4. The minimum atomic E-state index is -3.89. The molecule has 0 fully saturated rings. The molecule has 5 nitrogen and oxygen atoms in total. The third-order valence-corrected chi connectivity index (χ3v) is 5.06. The molecule has 0 unspecified atom stereocenters. The number of ether oxygens (including phenoxy) is 1. The lowest BCUT2D eigenvalue weighted by molar-refractivity contribution is -0.121. The number of carbonyl (C=O) groups excluding carboxylic acids is 1. The Balaban J connectivity index is 1.64. The molecule has 0 saturated carbocycles. The zero-order valence-electron chi connectivity index (χ0n) is 13.6. The third kappa shape index (κ3) is 4.16. The van der Waals surface area contributed by atoms with Gasteiger partial charge in [0.1, 0.15) is 5.75 Å². The number of hydrogen-bond acceptors (Lipinski definition) is 4. The van der Waals surface area contributed by atoms with Crippen molar-refractivity contribution in [3.63, 3.8) is 0 Å². The maximum absolute atomic E-state index is 12.2. The van der Waals surface area contributed by atoms with Crippen molar-refractivity contribution in [1.82, 2.24) is 4.72 Å². The maximum Gasteiger partial charge on any atom is 0.271 e. The number of fused-ring (bicyclic) bond motifs is 1. The Hall–Kier alpha value is -2.86. The van der Waals surface area contributed by atoms with Crippen molar-refractivity contribution in [1.29, 1.82) is 0 Å². The van der Waals surface area contributed by atoms with Gasteiger partial charge >= 0.3 is 0 Å². The quantitative estimate of drug-likeness (QED) is 0.763. The van der Waals surface area contributed by atoms with Gasteiger partial charge in [0.05, 0.1) is 4.90 Å². The number of benzene rings is 3. The summed E-state index contributed by atoms with van der Waals surface area (Å²) in [6.07, 6.45) is 0. The standard InChI is InChI=1S/C19H17NO4S/c1-14-6-10-18(11-7-14)25(22,23)20-19(21)13-24-17-9-8-15-4-2-3-5-16(15)12-17/h2-12H,13H2,1H3,(H,20,21). The SMILES string of the molecule is Cc1ccc(S(=O)(=O)NC(=O)COc2ccc3ccccc3c2)cc1. The van der Waals surface area contributed by atoms with E-state index in [-0.39, 0.29) is 11.5 Å². The van der Waals surface area contributed by atoms with Crippen molar-refractivity contribution in [2.45, 2.75) is 11.8 Å². The Labute approximate surface area is 146 Å². The molecule has 0 radical (unpaired) electrons. The van der Waals surface area contributed by atoms with Gasteiger partial charge in [0.2, 0.25) is 0 Å². The van der Waals surface area contributed by atoms with Gasteiger partial charge in [-0.05, 0) is 42.0 Å². The number of amides is 1. The normalized spacial score (nSPS) is 11.2. The van der Waals surface area contributed by atoms with Gasteiger partial charge in [-0.2, -0.15) is 0 Å². The smallest absolute Gasteiger partial charge is 0.271 e. The summed E-state index contributed by atoms with van der Waals surface area (Å²) >= 11 is 0. The van der Waals surface area contributed by atoms with E-state index < -0.39 is 15.9 Å². The molecular formula is C19H17NO4S. The monoisotopic (exact) mass is 355 g/mol. The summed E-state index contributed by atoms with van der Waals surface area (Å²) in [5, 5.41) is 2.04. The number of aryl methyl sites for hydroxylation is 1. The first-order chi connectivity index (χ1) is 11.9. The van der Waals surface area contributed by atoms with Crippen molar-refractivity contribution < 1.29 is 17.9 Å². The third-order valence-electron chi connectivity index (χ3n) is 3.67. The molecule has 0 aliphatic heterocycles. The Kier molecular flexibility index (Phi) is 4.72. The zero-order chi connectivity index (χ0) is 17.9. The Morgan fingerprint density at radius 1 is 0.960 bits per heavy atom. The largest absolute Gasteiger partial charge is 0.484 e. The van der Waals surface area contributed by atoms with Crippen LogP contribution in [0.25, 0.3) is 10.8 Å². The Morgan fingerprint density at radius 2 is 1.64 bits per heavy atom. The molecule has 0 heterocycles. The summed E-state index contributed by atoms with van der Waals surface area (Å²) in [7, 11) is -3.89. The van der Waals surface area contributed by atoms with Crippen molar-refractivity contribution in [3.05, 3.63) is 72.3 Å². The van der Waals surface area contributed by atoms with Crippen LogP contribution >= 0.6 is 0 Å². The van der Waals surface area contributed by atoms with Crippen molar-refractivity contribution >= 4 is 26.7 Å². The number of nitrogens with one attached hydrogen (secondary N) is 1. The second kappa shape index (κ2) is 6.94. The predicted octanol–water partition coefficient (Wildman–Crippen LogP) is 3.03. The summed E-state index contributed by atoms with van der Waals surface area (Å²) in [6, 6.07) is 19.4. The molecule has 0 aromatic heterocycles. The van der Waals surface area contributed by atoms with E-state index >= 15 is 0 Å². The van der Waals surface area contributed by atoms with Gasteiger partial charge in [0.15, 0.2) is 6.61 Å². The van der Waals surface area contributed by atoms with Crippen LogP contribution in [0.2, 0.25) is 0 Å². The summed E-state index contributed by atoms with van der Waals surface area (Å²) in [6.45, 7) is 1.47. The second-order valence-electron chi connectivity index (χ2n) is 5.64. The number of hydrogen-bond donors (Lipinski definition) is 1. The highest BCUT2D eigenvalue weighted by Crippen LogP contribution is 2.20. The molecule has 25 heavy (non-hydrogen) atoms. The highest BCUT2D eigenvalue weighted by atomic mass is 32.2. The van der Waals surface area contributed by atoms with Crippen LogP contribution in [0, 0.1) is 6.92 Å². The lowest BCUT2D eigenvalue weighted by Crippen LogP contribution is -2.34. The summed E-state index contributed by atoms with van der Waals surface area (Å²) in [4.78, 5) is 12.0. The molecule has 3 rings (SSSR count). The molecule has 3 aromatic carbocycles. The molecule has 0 atom stereocenters. The lowest BCUT2D eigenvalue weighted by Gasteiger charge is -2.09. The average Bonchev–Trinajstić information content (AvgIpc) is 2.60. The molecule has 128 valence electrons. The van der Waals surface area contributed by atoms with Crippen LogP contribution in [-0.2, 0) is 14.8 Å². The van der Waals surface area contributed by atoms with Crippen LogP contribution in [0.15, 0.2) is 71.6 Å². The van der Waals surface area contributed by atoms with Gasteiger partial charge in [0.25, 0.3) is 15.9 Å². The molecule has 0 aliphatic rings. The van der Waals surface area contributed by atoms with Crippen molar-refractivity contribution in [2.24, 2.45) is 0 Å². The van der Waals surface area contributed by atoms with Crippen LogP contribution in [0.4, 0.5) is 0 Å². The Morgan fingerprint density at radius 3 is 2.36 bits per heavy atom. The fourth-order valence-corrected chi connectivity index (χ4v) is 3.33. The lowest BCUT2D eigenvalue weighted by atomic mass is 10.1. The van der Waals surface area contributed by atoms with Crippen molar-refractivity contribution in [3.8, 4) is 5.75 Å². The van der Waals surface area contributed by atoms with Crippen LogP contribution < -0.4 is 9.46 Å². The molecule has 0 aliphatic carbocycles. The van der Waals surface area contributed by atoms with Crippen molar-refractivity contribution in [2.75, 3.05) is 6.61 Å².